The van der Waals surface area contributed by atoms with Gasteiger partial charge >= 0.3 is 11.9 Å². The summed E-state index contributed by atoms with van der Waals surface area (Å²) >= 11 is 0. The molecule has 0 bridgehead atoms. The van der Waals surface area contributed by atoms with Gasteiger partial charge in [0.1, 0.15) is 6.10 Å². The van der Waals surface area contributed by atoms with E-state index in [1.807, 2.05) is 0 Å². The van der Waals surface area contributed by atoms with Gasteiger partial charge in [0.05, 0.1) is 0 Å². The molecule has 46 heavy (non-hydrogen) atoms. The van der Waals surface area contributed by atoms with E-state index in [0.29, 0.717) is 12.8 Å². The second kappa shape index (κ2) is 37.1. The Labute approximate surface area is 284 Å². The van der Waals surface area contributed by atoms with Crippen molar-refractivity contribution in [1.82, 2.24) is 0 Å². The first kappa shape index (κ1) is 43.6. The summed E-state index contributed by atoms with van der Waals surface area (Å²) in [5, 5.41) is 8.68. The molecule has 0 fully saturated rings. The molecule has 0 aliphatic rings. The number of aliphatic carboxylic acids is 1. The molecule has 0 aromatic heterocycles. The summed E-state index contributed by atoms with van der Waals surface area (Å²) < 4.78 is 5.94. The molecule has 1 atom stereocenters. The number of hydrogen-bond donors (Lipinski definition) is 1. The first-order chi connectivity index (χ1) is 22.6. The van der Waals surface area contributed by atoms with Crippen LogP contribution in [-0.4, -0.2) is 23.1 Å². The van der Waals surface area contributed by atoms with Gasteiger partial charge in [-0.3, -0.25) is 9.59 Å². The van der Waals surface area contributed by atoms with E-state index in [1.54, 1.807) is 0 Å². The van der Waals surface area contributed by atoms with Crippen LogP contribution in [0.3, 0.4) is 0 Å². The molecule has 0 saturated carbocycles. The fourth-order valence-electron chi connectivity index (χ4n) is 5.45. The van der Waals surface area contributed by atoms with Gasteiger partial charge < -0.3 is 9.84 Å². The number of ether oxygens (including phenoxy) is 1. The molecule has 0 saturated heterocycles. The quantitative estimate of drug-likeness (QED) is 0.0432. The summed E-state index contributed by atoms with van der Waals surface area (Å²) in [6.07, 6.45) is 51.3. The lowest BCUT2D eigenvalue weighted by Crippen LogP contribution is -2.18. The molecule has 0 aliphatic heterocycles. The number of allylic oxidation sites excluding steroid dienone is 10. The lowest BCUT2D eigenvalue weighted by molar-refractivity contribution is -0.150. The van der Waals surface area contributed by atoms with Gasteiger partial charge in [0, 0.05) is 12.8 Å². The van der Waals surface area contributed by atoms with Crippen LogP contribution in [0.4, 0.5) is 0 Å². The van der Waals surface area contributed by atoms with E-state index in [2.05, 4.69) is 74.6 Å². The molecule has 1 N–H and O–H groups in total. The predicted molar refractivity (Wildman–Crippen MR) is 199 cm³/mol. The average Bonchev–Trinajstić information content (AvgIpc) is 3.04. The van der Waals surface area contributed by atoms with E-state index < -0.39 is 5.97 Å². The highest BCUT2D eigenvalue weighted by atomic mass is 16.5. The van der Waals surface area contributed by atoms with Gasteiger partial charge in [-0.25, -0.2) is 0 Å². The Bertz CT molecular complexity index is 820. The summed E-state index contributed by atoms with van der Waals surface area (Å²) in [6.45, 7) is 4.38. The van der Waals surface area contributed by atoms with E-state index in [1.165, 1.54) is 57.8 Å². The maximum atomic E-state index is 12.5. The number of hydrogen-bond acceptors (Lipinski definition) is 3. The zero-order valence-electron chi connectivity index (χ0n) is 30.1. The smallest absolute Gasteiger partial charge is 0.306 e. The van der Waals surface area contributed by atoms with E-state index >= 15 is 0 Å². The molecule has 0 amide bonds. The number of carbonyl (C=O) groups excluding carboxylic acids is 1. The average molecular weight is 641 g/mol. The minimum absolute atomic E-state index is 0.000613. The third kappa shape index (κ3) is 36.1. The first-order valence-corrected chi connectivity index (χ1v) is 19.3. The fraction of sp³-hybridized carbons (Fsp3) is 0.714. The Balaban J connectivity index is 3.84. The highest BCUT2D eigenvalue weighted by Crippen LogP contribution is 2.18. The van der Waals surface area contributed by atoms with Crippen molar-refractivity contribution in [2.45, 2.75) is 193 Å². The highest BCUT2D eigenvalue weighted by molar-refractivity contribution is 5.69. The molecular formula is C42H72O4. The Morgan fingerprint density at radius 1 is 0.500 bits per heavy atom. The van der Waals surface area contributed by atoms with Crippen molar-refractivity contribution < 1.29 is 19.4 Å². The molecule has 1 unspecified atom stereocenters. The van der Waals surface area contributed by atoms with Gasteiger partial charge in [-0.1, -0.05) is 152 Å². The number of rotatable bonds is 34. The van der Waals surface area contributed by atoms with Gasteiger partial charge in [-0.05, 0) is 83.5 Å². The van der Waals surface area contributed by atoms with Crippen molar-refractivity contribution >= 4 is 11.9 Å². The molecule has 0 spiro atoms. The van der Waals surface area contributed by atoms with E-state index in [9.17, 15) is 9.59 Å². The molecule has 4 nitrogen and oxygen atoms in total. The normalized spacial score (nSPS) is 12.9. The van der Waals surface area contributed by atoms with E-state index in [0.717, 1.165) is 103 Å². The molecule has 0 heterocycles. The van der Waals surface area contributed by atoms with Gasteiger partial charge in [0.15, 0.2) is 0 Å². The number of esters is 1. The largest absolute Gasteiger partial charge is 0.481 e. The Hall–Kier alpha value is -2.36. The fourth-order valence-corrected chi connectivity index (χ4v) is 5.45. The van der Waals surface area contributed by atoms with Crippen molar-refractivity contribution in [2.24, 2.45) is 0 Å². The van der Waals surface area contributed by atoms with Crippen LogP contribution < -0.4 is 0 Å². The van der Waals surface area contributed by atoms with Crippen LogP contribution in [0.1, 0.15) is 187 Å². The van der Waals surface area contributed by atoms with Gasteiger partial charge in [-0.2, -0.15) is 0 Å². The number of unbranched alkanes of at least 4 members (excludes halogenated alkanes) is 15. The maximum Gasteiger partial charge on any atom is 0.306 e. The third-order valence-electron chi connectivity index (χ3n) is 8.25. The summed E-state index contributed by atoms with van der Waals surface area (Å²) in [5.41, 5.74) is 0. The molecular weight excluding hydrogens is 568 g/mol. The summed E-state index contributed by atoms with van der Waals surface area (Å²) in [6, 6.07) is 0. The summed E-state index contributed by atoms with van der Waals surface area (Å²) in [5.74, 6) is -0.677. The van der Waals surface area contributed by atoms with Crippen LogP contribution in [0, 0.1) is 0 Å². The SMILES string of the molecule is CC/C=C\C/C=C\C/C=C\C/C=C\C/C=C\CCCCCC(=O)OC(CCCCC)CCCCCCCCCCCCCC(=O)O. The van der Waals surface area contributed by atoms with Crippen LogP contribution in [-0.2, 0) is 14.3 Å². The van der Waals surface area contributed by atoms with E-state index in [-0.39, 0.29) is 12.1 Å². The van der Waals surface area contributed by atoms with E-state index in [4.69, 9.17) is 9.84 Å². The molecule has 0 radical (unpaired) electrons. The Kier molecular flexibility index (Phi) is 35.2. The Morgan fingerprint density at radius 2 is 0.913 bits per heavy atom. The summed E-state index contributed by atoms with van der Waals surface area (Å²) in [7, 11) is 0. The van der Waals surface area contributed by atoms with Gasteiger partial charge in [-0.15, -0.1) is 0 Å². The standard InChI is InChI=1S/C42H72O4/c1-3-5-7-8-9-10-11-12-13-14-15-16-17-18-22-25-28-31-35-39-42(45)46-40(36-32-6-4-2)37-33-29-26-23-20-19-21-24-27-30-34-38-41(43)44/h5,7,9-10,12-13,15-16,18,22,40H,3-4,6,8,11,14,17,19-21,23-39H2,1-2H3,(H,43,44)/b7-5-,10-9-,13-12-,16-15-,22-18-. The molecule has 0 rings (SSSR count). The first-order valence-electron chi connectivity index (χ1n) is 19.3. The minimum atomic E-state index is -0.676. The van der Waals surface area contributed by atoms with Crippen molar-refractivity contribution in [2.75, 3.05) is 0 Å². The molecule has 0 aromatic carbocycles. The molecule has 0 aliphatic carbocycles. The van der Waals surface area contributed by atoms with Crippen LogP contribution in [0.15, 0.2) is 60.8 Å². The van der Waals surface area contributed by atoms with Crippen molar-refractivity contribution in [3.8, 4) is 0 Å². The molecule has 264 valence electrons. The van der Waals surface area contributed by atoms with Crippen molar-refractivity contribution in [3.05, 3.63) is 60.8 Å². The van der Waals surface area contributed by atoms with Crippen LogP contribution in [0.5, 0.6) is 0 Å². The highest BCUT2D eigenvalue weighted by Gasteiger charge is 2.14. The second-order valence-electron chi connectivity index (χ2n) is 12.7. The lowest BCUT2D eigenvalue weighted by atomic mass is 10.0. The topological polar surface area (TPSA) is 63.6 Å². The van der Waals surface area contributed by atoms with Crippen molar-refractivity contribution in [3.63, 3.8) is 0 Å². The minimum Gasteiger partial charge on any atom is -0.481 e. The number of carbonyl (C=O) groups is 2. The maximum absolute atomic E-state index is 12.5. The predicted octanol–water partition coefficient (Wildman–Crippen LogP) is 13.3. The van der Waals surface area contributed by atoms with Crippen LogP contribution in [0.25, 0.3) is 0 Å². The second-order valence-corrected chi connectivity index (χ2v) is 12.7. The van der Waals surface area contributed by atoms with Crippen LogP contribution >= 0.6 is 0 Å². The summed E-state index contributed by atoms with van der Waals surface area (Å²) in [4.78, 5) is 23.1. The number of carboxylic acids is 1. The zero-order chi connectivity index (χ0) is 33.6. The van der Waals surface area contributed by atoms with Gasteiger partial charge in [0.25, 0.3) is 0 Å². The third-order valence-corrected chi connectivity index (χ3v) is 8.25. The van der Waals surface area contributed by atoms with Crippen LogP contribution in [0.2, 0.25) is 0 Å². The number of carboxylic acid groups (broad SMARTS) is 1. The molecule has 4 heteroatoms. The van der Waals surface area contributed by atoms with Crippen molar-refractivity contribution in [1.29, 1.82) is 0 Å². The monoisotopic (exact) mass is 641 g/mol. The van der Waals surface area contributed by atoms with Gasteiger partial charge in [0.2, 0.25) is 0 Å². The zero-order valence-corrected chi connectivity index (χ0v) is 30.1. The molecule has 0 aromatic rings. The Morgan fingerprint density at radius 3 is 1.41 bits per heavy atom. The lowest BCUT2D eigenvalue weighted by Gasteiger charge is -2.18.